The highest BCUT2D eigenvalue weighted by Crippen LogP contribution is 2.45. The van der Waals surface area contributed by atoms with Gasteiger partial charge in [0.25, 0.3) is 0 Å². The van der Waals surface area contributed by atoms with Crippen molar-refractivity contribution in [2.75, 3.05) is 20.2 Å². The quantitative estimate of drug-likeness (QED) is 0.678. The van der Waals surface area contributed by atoms with E-state index in [9.17, 15) is 4.79 Å². The second kappa shape index (κ2) is 7.42. The van der Waals surface area contributed by atoms with Crippen LogP contribution in [0, 0.1) is 6.92 Å². The van der Waals surface area contributed by atoms with Gasteiger partial charge in [0.2, 0.25) is 5.79 Å². The van der Waals surface area contributed by atoms with E-state index >= 15 is 0 Å². The van der Waals surface area contributed by atoms with Gasteiger partial charge in [-0.25, -0.2) is 4.79 Å². The molecule has 1 fully saturated rings. The molecule has 2 N–H and O–H groups in total. The molecule has 2 amide bonds. The zero-order chi connectivity index (χ0) is 21.6. The fourth-order valence-electron chi connectivity index (χ4n) is 4.53. The number of nitrogens with zero attached hydrogens (tertiary/aromatic N) is 2. The summed E-state index contributed by atoms with van der Waals surface area (Å²) in [6.45, 7) is 3.52. The Bertz CT molecular complexity index is 1150. The van der Waals surface area contributed by atoms with Crippen molar-refractivity contribution in [2.45, 2.75) is 32.2 Å². The van der Waals surface area contributed by atoms with Crippen LogP contribution in [0.5, 0.6) is 11.5 Å². The Labute approximate surface area is 180 Å². The number of ether oxygens (including phenoxy) is 3. The predicted octanol–water partition coefficient (Wildman–Crippen LogP) is 4.00. The smallest absolute Gasteiger partial charge is 0.314 e. The van der Waals surface area contributed by atoms with E-state index in [-0.39, 0.29) is 0 Å². The van der Waals surface area contributed by atoms with Crippen LogP contribution in [0.3, 0.4) is 0 Å². The second-order valence-electron chi connectivity index (χ2n) is 8.11. The number of likely N-dealkylation sites (tertiary alicyclic amines) is 1. The number of piperidine rings is 1. The topological polar surface area (TPSA) is 86.9 Å². The summed E-state index contributed by atoms with van der Waals surface area (Å²) in [6, 6.07) is 11.9. The van der Waals surface area contributed by atoms with Crippen molar-refractivity contribution in [3.8, 4) is 22.6 Å². The summed E-state index contributed by atoms with van der Waals surface area (Å²) in [7, 11) is 1.65. The summed E-state index contributed by atoms with van der Waals surface area (Å²) in [5, 5.41) is 1.12. The number of benzene rings is 2. The number of fused-ring (bicyclic) bond motifs is 2. The number of primary amides is 1. The first-order valence-electron chi connectivity index (χ1n) is 10.4. The monoisotopic (exact) mass is 419 g/mol. The lowest BCUT2D eigenvalue weighted by atomic mass is 9.95. The van der Waals surface area contributed by atoms with Crippen LogP contribution in [-0.4, -0.2) is 41.9 Å². The highest BCUT2D eigenvalue weighted by molar-refractivity contribution is 5.89. The van der Waals surface area contributed by atoms with Gasteiger partial charge in [-0.05, 0) is 41.8 Å². The van der Waals surface area contributed by atoms with Crippen molar-refractivity contribution in [2.24, 2.45) is 5.73 Å². The summed E-state index contributed by atoms with van der Waals surface area (Å²) in [5.74, 6) is 0.630. The standard InChI is InChI=1S/C24H25N3O4/c1-15-19(6-5-16-4-3-9-26-21(15)16)17-12-18-14-30-24(31-22(18)20(13-17)29-2)7-10-27(11-8-24)23(25)28/h3-6,9,12-13H,7-8,10-11,14H2,1-2H3,(H2,25,28). The van der Waals surface area contributed by atoms with Gasteiger partial charge >= 0.3 is 6.03 Å². The predicted molar refractivity (Wildman–Crippen MR) is 117 cm³/mol. The van der Waals surface area contributed by atoms with Crippen LogP contribution in [0.1, 0.15) is 24.0 Å². The van der Waals surface area contributed by atoms with Crippen LogP contribution in [0.15, 0.2) is 42.6 Å². The number of rotatable bonds is 2. The average Bonchev–Trinajstić information content (AvgIpc) is 2.79. The molecule has 7 nitrogen and oxygen atoms in total. The van der Waals surface area contributed by atoms with Crippen molar-refractivity contribution in [3.05, 3.63) is 53.7 Å². The van der Waals surface area contributed by atoms with E-state index in [4.69, 9.17) is 19.9 Å². The Morgan fingerprint density at radius 1 is 1.23 bits per heavy atom. The van der Waals surface area contributed by atoms with Gasteiger partial charge in [0, 0.05) is 43.1 Å². The zero-order valence-corrected chi connectivity index (χ0v) is 17.7. The molecule has 1 aromatic heterocycles. The fourth-order valence-corrected chi connectivity index (χ4v) is 4.53. The Balaban J connectivity index is 1.50. The Hall–Kier alpha value is -3.32. The van der Waals surface area contributed by atoms with E-state index in [0.717, 1.165) is 33.2 Å². The fraction of sp³-hybridized carbons (Fsp3) is 0.333. The molecule has 1 spiro atoms. The number of urea groups is 1. The first-order chi connectivity index (χ1) is 15.0. The minimum absolute atomic E-state index is 0.409. The molecule has 1 saturated heterocycles. The third kappa shape index (κ3) is 3.35. The van der Waals surface area contributed by atoms with Gasteiger partial charge in [0.05, 0.1) is 19.2 Å². The van der Waals surface area contributed by atoms with Crippen molar-refractivity contribution < 1.29 is 19.0 Å². The van der Waals surface area contributed by atoms with E-state index in [1.54, 1.807) is 12.0 Å². The number of amides is 2. The first-order valence-corrected chi connectivity index (χ1v) is 10.4. The van der Waals surface area contributed by atoms with Gasteiger partial charge in [-0.3, -0.25) is 4.98 Å². The summed E-state index contributed by atoms with van der Waals surface area (Å²) in [5.41, 5.74) is 10.6. The molecule has 2 aliphatic heterocycles. The second-order valence-corrected chi connectivity index (χ2v) is 8.11. The first kappa shape index (κ1) is 19.6. The third-order valence-corrected chi connectivity index (χ3v) is 6.31. The van der Waals surface area contributed by atoms with Gasteiger partial charge in [0.15, 0.2) is 11.5 Å². The molecule has 3 aromatic rings. The van der Waals surface area contributed by atoms with Gasteiger partial charge < -0.3 is 24.8 Å². The van der Waals surface area contributed by atoms with E-state index in [1.807, 2.05) is 18.3 Å². The van der Waals surface area contributed by atoms with Crippen LogP contribution >= 0.6 is 0 Å². The van der Waals surface area contributed by atoms with Gasteiger partial charge in [-0.15, -0.1) is 0 Å². The summed E-state index contributed by atoms with van der Waals surface area (Å²) >= 11 is 0. The number of pyridine rings is 1. The number of carbonyl (C=O) groups excluding carboxylic acids is 1. The molecule has 5 rings (SSSR count). The van der Waals surface area contributed by atoms with E-state index < -0.39 is 11.8 Å². The number of nitrogens with two attached hydrogens (primary N) is 1. The normalized spacial score (nSPS) is 17.3. The highest BCUT2D eigenvalue weighted by Gasteiger charge is 2.42. The van der Waals surface area contributed by atoms with Gasteiger partial charge in [0.1, 0.15) is 0 Å². The maximum Gasteiger partial charge on any atom is 0.314 e. The Morgan fingerprint density at radius 2 is 2.03 bits per heavy atom. The number of carbonyl (C=O) groups is 1. The van der Waals surface area contributed by atoms with Gasteiger partial charge in [-0.1, -0.05) is 18.2 Å². The summed E-state index contributed by atoms with van der Waals surface area (Å²) in [6.07, 6.45) is 2.95. The lowest BCUT2D eigenvalue weighted by Crippen LogP contribution is -2.53. The van der Waals surface area contributed by atoms with Crippen LogP contribution in [0.4, 0.5) is 4.79 Å². The molecule has 0 bridgehead atoms. The maximum absolute atomic E-state index is 11.4. The number of aromatic nitrogens is 1. The van der Waals surface area contributed by atoms with Crippen LogP contribution in [0.25, 0.3) is 22.0 Å². The average molecular weight is 419 g/mol. The number of hydrogen-bond acceptors (Lipinski definition) is 5. The molecule has 0 unspecified atom stereocenters. The van der Waals surface area contributed by atoms with E-state index in [2.05, 4.69) is 36.2 Å². The van der Waals surface area contributed by atoms with Crippen molar-refractivity contribution >= 4 is 16.9 Å². The molecule has 31 heavy (non-hydrogen) atoms. The Kier molecular flexibility index (Phi) is 4.70. The lowest BCUT2D eigenvalue weighted by Gasteiger charge is -2.43. The molecule has 2 aromatic carbocycles. The van der Waals surface area contributed by atoms with Crippen LogP contribution in [0.2, 0.25) is 0 Å². The van der Waals surface area contributed by atoms with Crippen LogP contribution < -0.4 is 15.2 Å². The molecular weight excluding hydrogens is 394 g/mol. The molecule has 0 aliphatic carbocycles. The molecule has 0 radical (unpaired) electrons. The molecule has 160 valence electrons. The summed E-state index contributed by atoms with van der Waals surface area (Å²) in [4.78, 5) is 17.6. The highest BCUT2D eigenvalue weighted by atomic mass is 16.7. The SMILES string of the molecule is COc1cc(-c2ccc3cccnc3c2C)cc2c1OC1(CCN(C(N)=O)CC1)OC2. The summed E-state index contributed by atoms with van der Waals surface area (Å²) < 4.78 is 18.3. The molecular formula is C24H25N3O4. The number of methoxy groups -OCH3 is 1. The largest absolute Gasteiger partial charge is 0.493 e. The maximum atomic E-state index is 11.4. The number of aryl methyl sites for hydroxylation is 1. The number of hydrogen-bond donors (Lipinski definition) is 1. The van der Waals surface area contributed by atoms with Crippen molar-refractivity contribution in [1.29, 1.82) is 0 Å². The lowest BCUT2D eigenvalue weighted by molar-refractivity contribution is -0.225. The van der Waals surface area contributed by atoms with Crippen LogP contribution in [-0.2, 0) is 11.3 Å². The zero-order valence-electron chi connectivity index (χ0n) is 17.7. The van der Waals surface area contributed by atoms with Crippen molar-refractivity contribution in [1.82, 2.24) is 9.88 Å². The molecule has 2 aliphatic rings. The molecule has 3 heterocycles. The molecule has 0 saturated carbocycles. The Morgan fingerprint density at radius 3 is 2.77 bits per heavy atom. The van der Waals surface area contributed by atoms with E-state index in [1.165, 1.54) is 0 Å². The van der Waals surface area contributed by atoms with E-state index in [0.29, 0.717) is 44.0 Å². The third-order valence-electron chi connectivity index (χ3n) is 6.31. The van der Waals surface area contributed by atoms with Gasteiger partial charge in [-0.2, -0.15) is 0 Å². The molecule has 0 atom stereocenters. The molecule has 7 heteroatoms. The minimum atomic E-state index is -0.753. The van der Waals surface area contributed by atoms with Crippen molar-refractivity contribution in [3.63, 3.8) is 0 Å². The minimum Gasteiger partial charge on any atom is -0.493 e.